The number of aromatic nitrogens is 2. The number of fused-ring (bicyclic) bond motifs is 5. The van der Waals surface area contributed by atoms with Crippen molar-refractivity contribution < 1.29 is 4.79 Å². The highest BCUT2D eigenvalue weighted by molar-refractivity contribution is 9.10. The van der Waals surface area contributed by atoms with Gasteiger partial charge >= 0.3 is 0 Å². The smallest absolute Gasteiger partial charge is 0.280 e. The number of benzene rings is 1. The van der Waals surface area contributed by atoms with Crippen LogP contribution in [0.5, 0.6) is 0 Å². The largest absolute Gasteiger partial charge is 0.308 e. The minimum absolute atomic E-state index is 0.0425. The van der Waals surface area contributed by atoms with Crippen molar-refractivity contribution in [3.63, 3.8) is 0 Å². The lowest BCUT2D eigenvalue weighted by Gasteiger charge is -2.34. The quantitative estimate of drug-likeness (QED) is 0.779. The van der Waals surface area contributed by atoms with Gasteiger partial charge in [0.25, 0.3) is 5.91 Å². The van der Waals surface area contributed by atoms with Gasteiger partial charge in [-0.1, -0.05) is 30.3 Å². The van der Waals surface area contributed by atoms with Crippen LogP contribution < -0.4 is 4.90 Å². The van der Waals surface area contributed by atoms with Gasteiger partial charge in [0.15, 0.2) is 16.2 Å². The van der Waals surface area contributed by atoms with Crippen LogP contribution in [0.15, 0.2) is 40.1 Å². The normalized spacial score (nSPS) is 24.2. The van der Waals surface area contributed by atoms with Gasteiger partial charge in [0.2, 0.25) is 5.96 Å². The van der Waals surface area contributed by atoms with Gasteiger partial charge in [0, 0.05) is 7.05 Å². The lowest BCUT2D eigenvalue weighted by Crippen LogP contribution is -2.51. The number of carbonyl (C=O) groups is 1. The van der Waals surface area contributed by atoms with E-state index in [4.69, 9.17) is 9.98 Å². The van der Waals surface area contributed by atoms with Crippen LogP contribution in [0.2, 0.25) is 0 Å². The van der Waals surface area contributed by atoms with Crippen LogP contribution in [-0.4, -0.2) is 45.4 Å². The van der Waals surface area contributed by atoms with E-state index in [0.717, 1.165) is 30.2 Å². The van der Waals surface area contributed by atoms with E-state index in [9.17, 15) is 4.79 Å². The number of hydrogen-bond acceptors (Lipinski definition) is 4. The zero-order valence-electron chi connectivity index (χ0n) is 13.9. The Morgan fingerprint density at radius 1 is 1.24 bits per heavy atom. The van der Waals surface area contributed by atoms with Crippen LogP contribution >= 0.6 is 15.9 Å². The topological polar surface area (TPSA) is 53.7 Å². The molecule has 1 aromatic heterocycles. The molecule has 0 spiro atoms. The van der Waals surface area contributed by atoms with Crippen LogP contribution in [0.1, 0.15) is 35.3 Å². The molecule has 2 aliphatic heterocycles. The van der Waals surface area contributed by atoms with E-state index in [1.807, 2.05) is 29.8 Å². The highest BCUT2D eigenvalue weighted by atomic mass is 79.9. The van der Waals surface area contributed by atoms with E-state index >= 15 is 0 Å². The summed E-state index contributed by atoms with van der Waals surface area (Å²) < 4.78 is 2.65. The van der Waals surface area contributed by atoms with Gasteiger partial charge in [-0.05, 0) is 40.8 Å². The highest BCUT2D eigenvalue weighted by Gasteiger charge is 2.48. The number of imidazole rings is 1. The van der Waals surface area contributed by atoms with Crippen LogP contribution in [0.3, 0.4) is 0 Å². The highest BCUT2D eigenvalue weighted by Crippen LogP contribution is 2.41. The van der Waals surface area contributed by atoms with Crippen molar-refractivity contribution in [3.05, 3.63) is 46.3 Å². The SMILES string of the molecule is CN1C(=O)c2c(nc(Br)n2Cc2ccccc2)N2C1=N[C@@H]1CCC[C@@H]12. The Morgan fingerprint density at radius 3 is 2.84 bits per heavy atom. The predicted molar refractivity (Wildman–Crippen MR) is 98.9 cm³/mol. The van der Waals surface area contributed by atoms with Crippen LogP contribution in [0, 0.1) is 0 Å². The summed E-state index contributed by atoms with van der Waals surface area (Å²) in [5.41, 5.74) is 1.78. The van der Waals surface area contributed by atoms with Gasteiger partial charge in [0.1, 0.15) is 0 Å². The van der Waals surface area contributed by atoms with Crippen molar-refractivity contribution in [2.45, 2.75) is 37.9 Å². The molecule has 3 heterocycles. The van der Waals surface area contributed by atoms with Crippen molar-refractivity contribution in [2.75, 3.05) is 11.9 Å². The first kappa shape index (κ1) is 15.1. The number of rotatable bonds is 2. The molecular weight excluding hydrogens is 382 g/mol. The molecule has 0 radical (unpaired) electrons. The zero-order chi connectivity index (χ0) is 17.1. The van der Waals surface area contributed by atoms with E-state index in [0.29, 0.717) is 23.0 Å². The molecule has 0 unspecified atom stereocenters. The van der Waals surface area contributed by atoms with Crippen LogP contribution in [-0.2, 0) is 6.54 Å². The molecule has 1 aliphatic carbocycles. The number of carbonyl (C=O) groups excluding carboxylic acids is 1. The minimum atomic E-state index is -0.0425. The molecule has 25 heavy (non-hydrogen) atoms. The van der Waals surface area contributed by atoms with Gasteiger partial charge < -0.3 is 4.57 Å². The molecule has 0 N–H and O–H groups in total. The lowest BCUT2D eigenvalue weighted by molar-refractivity contribution is 0.0855. The van der Waals surface area contributed by atoms with Crippen molar-refractivity contribution in [1.29, 1.82) is 0 Å². The Balaban J connectivity index is 1.63. The maximum atomic E-state index is 13.0. The summed E-state index contributed by atoms with van der Waals surface area (Å²) in [7, 11) is 1.81. The number of halogens is 1. The molecule has 1 aromatic carbocycles. The van der Waals surface area contributed by atoms with Gasteiger partial charge in [-0.25, -0.2) is 9.98 Å². The van der Waals surface area contributed by atoms with Crippen LogP contribution in [0.25, 0.3) is 0 Å². The number of anilines is 1. The van der Waals surface area contributed by atoms with Crippen molar-refractivity contribution in [2.24, 2.45) is 4.99 Å². The van der Waals surface area contributed by atoms with E-state index in [2.05, 4.69) is 33.0 Å². The van der Waals surface area contributed by atoms with E-state index < -0.39 is 0 Å². The Hall–Kier alpha value is -2.15. The molecule has 1 fully saturated rings. The fraction of sp³-hybridized carbons (Fsp3) is 0.389. The summed E-state index contributed by atoms with van der Waals surface area (Å²) in [6.07, 6.45) is 3.37. The molecule has 6 nitrogen and oxygen atoms in total. The molecule has 1 amide bonds. The van der Waals surface area contributed by atoms with Gasteiger partial charge in [0.05, 0.1) is 18.6 Å². The average Bonchev–Trinajstić information content (AvgIpc) is 3.27. The molecule has 128 valence electrons. The molecule has 2 aromatic rings. The van der Waals surface area contributed by atoms with Crippen molar-refractivity contribution in [1.82, 2.24) is 14.5 Å². The van der Waals surface area contributed by atoms with Crippen molar-refractivity contribution in [3.8, 4) is 0 Å². The van der Waals surface area contributed by atoms with E-state index in [1.165, 1.54) is 6.42 Å². The van der Waals surface area contributed by atoms with Gasteiger partial charge in [-0.3, -0.25) is 14.6 Å². The molecular formula is C18H18BrN5O. The molecule has 7 heteroatoms. The van der Waals surface area contributed by atoms with E-state index in [1.54, 1.807) is 4.90 Å². The monoisotopic (exact) mass is 399 g/mol. The number of amides is 1. The predicted octanol–water partition coefficient (Wildman–Crippen LogP) is 2.88. The Bertz CT molecular complexity index is 890. The molecule has 0 saturated heterocycles. The second kappa shape index (κ2) is 5.42. The summed E-state index contributed by atoms with van der Waals surface area (Å²) in [5, 5.41) is 0. The zero-order valence-corrected chi connectivity index (χ0v) is 15.5. The molecule has 1 saturated carbocycles. The Labute approximate surface area is 154 Å². The second-order valence-electron chi connectivity index (χ2n) is 6.85. The fourth-order valence-corrected chi connectivity index (χ4v) is 4.65. The standard InChI is InChI=1S/C18H18BrN5O/c1-22-16(25)14-15(24-13-9-5-8-12(13)20-18(22)24)21-17(19)23(14)10-11-6-3-2-4-7-11/h2-4,6-7,12-13H,5,8-10H2,1H3/t12-,13+/m1/s1. The third-order valence-electron chi connectivity index (χ3n) is 5.39. The van der Waals surface area contributed by atoms with Gasteiger partial charge in [-0.2, -0.15) is 0 Å². The minimum Gasteiger partial charge on any atom is -0.308 e. The Kier molecular flexibility index (Phi) is 3.28. The Morgan fingerprint density at radius 2 is 2.04 bits per heavy atom. The van der Waals surface area contributed by atoms with E-state index in [-0.39, 0.29) is 11.9 Å². The first-order valence-corrected chi connectivity index (χ1v) is 9.39. The summed E-state index contributed by atoms with van der Waals surface area (Å²) in [4.78, 5) is 26.4. The first-order chi connectivity index (χ1) is 12.1. The maximum absolute atomic E-state index is 13.0. The third-order valence-corrected chi connectivity index (χ3v) is 6.00. The molecule has 2 atom stereocenters. The summed E-state index contributed by atoms with van der Waals surface area (Å²) >= 11 is 3.57. The number of guanidine groups is 1. The maximum Gasteiger partial charge on any atom is 0.280 e. The summed E-state index contributed by atoms with van der Waals surface area (Å²) in [5.74, 6) is 1.46. The van der Waals surface area contributed by atoms with Crippen LogP contribution in [0.4, 0.5) is 5.82 Å². The number of aliphatic imine (C=N–C) groups is 1. The summed E-state index contributed by atoms with van der Waals surface area (Å²) in [6.45, 7) is 0.609. The summed E-state index contributed by atoms with van der Waals surface area (Å²) in [6, 6.07) is 10.8. The number of nitrogens with zero attached hydrogens (tertiary/aromatic N) is 5. The molecule has 0 bridgehead atoms. The number of hydrogen-bond donors (Lipinski definition) is 0. The van der Waals surface area contributed by atoms with Gasteiger partial charge in [-0.15, -0.1) is 0 Å². The second-order valence-corrected chi connectivity index (χ2v) is 7.56. The van der Waals surface area contributed by atoms with Crippen molar-refractivity contribution >= 4 is 33.6 Å². The molecule has 3 aliphatic rings. The first-order valence-electron chi connectivity index (χ1n) is 8.60. The average molecular weight is 400 g/mol. The molecule has 5 rings (SSSR count). The fourth-order valence-electron chi connectivity index (χ4n) is 4.18. The lowest BCUT2D eigenvalue weighted by atomic mass is 10.1. The third kappa shape index (κ3) is 2.11.